The van der Waals surface area contributed by atoms with Crippen molar-refractivity contribution in [2.24, 2.45) is 0 Å². The minimum atomic E-state index is 0.379. The number of aryl methyl sites for hydroxylation is 2. The summed E-state index contributed by atoms with van der Waals surface area (Å²) in [6, 6.07) is 13.5. The fraction of sp³-hybridized carbons (Fsp3) is 0.133. The minimum Gasteiger partial charge on any atom is -0.340 e. The summed E-state index contributed by atoms with van der Waals surface area (Å²) in [7, 11) is 0. The lowest BCUT2D eigenvalue weighted by molar-refractivity contribution is 1.39. The Morgan fingerprint density at radius 1 is 1.11 bits per heavy atom. The molecule has 3 heteroatoms. The van der Waals surface area contributed by atoms with Crippen LogP contribution in [0.25, 0.3) is 0 Å². The van der Waals surface area contributed by atoms with Crippen LogP contribution < -0.4 is 5.32 Å². The summed E-state index contributed by atoms with van der Waals surface area (Å²) >= 11 is 5.96. The summed E-state index contributed by atoms with van der Waals surface area (Å²) in [5.41, 5.74) is 3.95. The first-order chi connectivity index (χ1) is 8.56. The molecular formula is C15H15ClN2. The molecule has 18 heavy (non-hydrogen) atoms. The minimum absolute atomic E-state index is 0.379. The lowest BCUT2D eigenvalue weighted by atomic mass is 10.1. The molecule has 0 atom stereocenters. The van der Waals surface area contributed by atoms with Gasteiger partial charge in [-0.05, 0) is 37.6 Å². The third kappa shape index (κ3) is 2.90. The third-order valence-electron chi connectivity index (χ3n) is 2.77. The summed E-state index contributed by atoms with van der Waals surface area (Å²) in [4.78, 5) is 0. The quantitative estimate of drug-likeness (QED) is 0.608. The Morgan fingerprint density at radius 3 is 2.61 bits per heavy atom. The van der Waals surface area contributed by atoms with Gasteiger partial charge < -0.3 is 5.32 Å². The second kappa shape index (κ2) is 5.23. The van der Waals surface area contributed by atoms with Crippen LogP contribution in [0.1, 0.15) is 16.7 Å². The molecule has 0 aliphatic rings. The fourth-order valence-corrected chi connectivity index (χ4v) is 1.91. The molecule has 0 spiro atoms. The van der Waals surface area contributed by atoms with Crippen molar-refractivity contribution in [2.45, 2.75) is 13.8 Å². The molecule has 0 aliphatic carbocycles. The molecule has 0 saturated carbocycles. The highest BCUT2D eigenvalue weighted by Crippen LogP contribution is 2.20. The van der Waals surface area contributed by atoms with E-state index in [0.29, 0.717) is 10.9 Å². The van der Waals surface area contributed by atoms with Crippen LogP contribution in [0.15, 0.2) is 42.5 Å². The fourth-order valence-electron chi connectivity index (χ4n) is 1.74. The highest BCUT2D eigenvalue weighted by Gasteiger charge is 2.04. The van der Waals surface area contributed by atoms with E-state index in [2.05, 4.69) is 5.32 Å². The van der Waals surface area contributed by atoms with E-state index >= 15 is 0 Å². The van der Waals surface area contributed by atoms with Gasteiger partial charge in [0.1, 0.15) is 5.84 Å². The largest absolute Gasteiger partial charge is 0.340 e. The van der Waals surface area contributed by atoms with Gasteiger partial charge in [0.25, 0.3) is 0 Å². The van der Waals surface area contributed by atoms with Crippen LogP contribution >= 0.6 is 11.6 Å². The number of hydrogen-bond acceptors (Lipinski definition) is 1. The molecule has 2 N–H and O–H groups in total. The first-order valence-electron chi connectivity index (χ1n) is 5.75. The van der Waals surface area contributed by atoms with E-state index in [4.69, 9.17) is 17.0 Å². The van der Waals surface area contributed by atoms with Gasteiger partial charge in [-0.15, -0.1) is 0 Å². The third-order valence-corrected chi connectivity index (χ3v) is 3.00. The predicted molar refractivity (Wildman–Crippen MR) is 77.8 cm³/mol. The van der Waals surface area contributed by atoms with E-state index in [1.165, 1.54) is 0 Å². The Balaban J connectivity index is 2.24. The lowest BCUT2D eigenvalue weighted by Gasteiger charge is -2.11. The zero-order chi connectivity index (χ0) is 13.1. The van der Waals surface area contributed by atoms with Crippen LogP contribution in [-0.2, 0) is 0 Å². The van der Waals surface area contributed by atoms with Crippen molar-refractivity contribution in [3.8, 4) is 0 Å². The predicted octanol–water partition coefficient (Wildman–Crippen LogP) is 4.39. The molecule has 0 heterocycles. The summed E-state index contributed by atoms with van der Waals surface area (Å²) in [5, 5.41) is 11.8. The number of nitrogens with one attached hydrogen (secondary N) is 2. The average molecular weight is 259 g/mol. The SMILES string of the molecule is Cc1cccc(C(=N)Nc2cc(Cl)ccc2C)c1. The van der Waals surface area contributed by atoms with Crippen molar-refractivity contribution in [3.05, 3.63) is 64.2 Å². The van der Waals surface area contributed by atoms with Gasteiger partial charge in [-0.3, -0.25) is 5.41 Å². The van der Waals surface area contributed by atoms with Crippen molar-refractivity contribution in [1.82, 2.24) is 0 Å². The Labute approximate surface area is 112 Å². The average Bonchev–Trinajstić information content (AvgIpc) is 2.34. The van der Waals surface area contributed by atoms with Crippen LogP contribution in [0.2, 0.25) is 5.02 Å². The maximum atomic E-state index is 8.08. The molecule has 2 aromatic carbocycles. The van der Waals surface area contributed by atoms with Crippen molar-refractivity contribution in [1.29, 1.82) is 5.41 Å². The zero-order valence-corrected chi connectivity index (χ0v) is 11.2. The molecule has 0 fully saturated rings. The van der Waals surface area contributed by atoms with Crippen LogP contribution in [-0.4, -0.2) is 5.84 Å². The van der Waals surface area contributed by atoms with Crippen LogP contribution in [0.5, 0.6) is 0 Å². The van der Waals surface area contributed by atoms with E-state index in [1.54, 1.807) is 0 Å². The summed E-state index contributed by atoms with van der Waals surface area (Å²) in [6.07, 6.45) is 0. The first-order valence-corrected chi connectivity index (χ1v) is 6.13. The van der Waals surface area contributed by atoms with Gasteiger partial charge in [0.05, 0.1) is 0 Å². The van der Waals surface area contributed by atoms with Crippen LogP contribution in [0.4, 0.5) is 5.69 Å². The lowest BCUT2D eigenvalue weighted by Crippen LogP contribution is -2.12. The van der Waals surface area contributed by atoms with E-state index in [9.17, 15) is 0 Å². The van der Waals surface area contributed by atoms with E-state index in [0.717, 1.165) is 22.4 Å². The Morgan fingerprint density at radius 2 is 1.89 bits per heavy atom. The van der Waals surface area contributed by atoms with Gasteiger partial charge in [-0.1, -0.05) is 41.4 Å². The summed E-state index contributed by atoms with van der Waals surface area (Å²) < 4.78 is 0. The van der Waals surface area contributed by atoms with Crippen LogP contribution in [0, 0.1) is 19.3 Å². The zero-order valence-electron chi connectivity index (χ0n) is 10.4. The summed E-state index contributed by atoms with van der Waals surface area (Å²) in [6.45, 7) is 4.00. The molecule has 0 unspecified atom stereocenters. The van der Waals surface area contributed by atoms with Crippen molar-refractivity contribution in [3.63, 3.8) is 0 Å². The summed E-state index contributed by atoms with van der Waals surface area (Å²) in [5.74, 6) is 0.379. The smallest absolute Gasteiger partial charge is 0.129 e. The maximum Gasteiger partial charge on any atom is 0.129 e. The molecule has 2 rings (SSSR count). The van der Waals surface area contributed by atoms with Crippen molar-refractivity contribution >= 4 is 23.1 Å². The first kappa shape index (κ1) is 12.7. The molecule has 0 saturated heterocycles. The molecule has 0 bridgehead atoms. The van der Waals surface area contributed by atoms with E-state index in [1.807, 2.05) is 56.3 Å². The molecule has 0 aliphatic heterocycles. The molecule has 92 valence electrons. The van der Waals surface area contributed by atoms with Crippen molar-refractivity contribution in [2.75, 3.05) is 5.32 Å². The van der Waals surface area contributed by atoms with Crippen LogP contribution in [0.3, 0.4) is 0 Å². The topological polar surface area (TPSA) is 35.9 Å². The molecule has 0 radical (unpaired) electrons. The number of anilines is 1. The second-order valence-corrected chi connectivity index (χ2v) is 4.77. The van der Waals surface area contributed by atoms with Gasteiger partial charge >= 0.3 is 0 Å². The normalized spacial score (nSPS) is 10.2. The van der Waals surface area contributed by atoms with E-state index < -0.39 is 0 Å². The highest BCUT2D eigenvalue weighted by molar-refractivity contribution is 6.31. The number of rotatable bonds is 2. The van der Waals surface area contributed by atoms with Crippen molar-refractivity contribution < 1.29 is 0 Å². The number of halogens is 1. The van der Waals surface area contributed by atoms with Gasteiger partial charge in [0, 0.05) is 16.3 Å². The molecule has 0 aromatic heterocycles. The van der Waals surface area contributed by atoms with Gasteiger partial charge in [0.15, 0.2) is 0 Å². The number of amidine groups is 1. The van der Waals surface area contributed by atoms with Gasteiger partial charge in [-0.2, -0.15) is 0 Å². The van der Waals surface area contributed by atoms with E-state index in [-0.39, 0.29) is 0 Å². The highest BCUT2D eigenvalue weighted by atomic mass is 35.5. The number of hydrogen-bond donors (Lipinski definition) is 2. The second-order valence-electron chi connectivity index (χ2n) is 4.33. The molecule has 2 nitrogen and oxygen atoms in total. The molecule has 0 amide bonds. The Kier molecular flexibility index (Phi) is 3.68. The standard InChI is InChI=1S/C15H15ClN2/c1-10-4-3-5-12(8-10)15(17)18-14-9-13(16)7-6-11(14)2/h3-9H,1-2H3,(H2,17,18). The number of benzene rings is 2. The Bertz CT molecular complexity index is 591. The van der Waals surface area contributed by atoms with Gasteiger partial charge in [-0.25, -0.2) is 0 Å². The monoisotopic (exact) mass is 258 g/mol. The Hall–Kier alpha value is -1.80. The van der Waals surface area contributed by atoms with Gasteiger partial charge in [0.2, 0.25) is 0 Å². The molecular weight excluding hydrogens is 244 g/mol. The molecule has 2 aromatic rings. The maximum absolute atomic E-state index is 8.08.